The van der Waals surface area contributed by atoms with Gasteiger partial charge in [-0.05, 0) is 55.9 Å². The molecule has 0 aromatic rings. The third kappa shape index (κ3) is 1.52. The topological polar surface area (TPSA) is 51.2 Å². The van der Waals surface area contributed by atoms with E-state index in [4.69, 9.17) is 14.2 Å². The van der Waals surface area contributed by atoms with Gasteiger partial charge in [0.1, 0.15) is 11.2 Å². The van der Waals surface area contributed by atoms with E-state index in [1.165, 1.54) is 12.8 Å². The van der Waals surface area contributed by atoms with Crippen molar-refractivity contribution in [3.8, 4) is 0 Å². The van der Waals surface area contributed by atoms with E-state index in [-0.39, 0.29) is 28.5 Å². The van der Waals surface area contributed by atoms with E-state index in [9.17, 15) is 5.11 Å². The zero-order valence-electron chi connectivity index (χ0n) is 14.6. The van der Waals surface area contributed by atoms with Crippen LogP contribution in [0.1, 0.15) is 58.3 Å². The number of rotatable bonds is 0. The van der Waals surface area contributed by atoms with Gasteiger partial charge in [0.25, 0.3) is 0 Å². The molecule has 6 aliphatic rings. The van der Waals surface area contributed by atoms with E-state index in [1.54, 1.807) is 5.57 Å². The van der Waals surface area contributed by atoms with Gasteiger partial charge in [-0.1, -0.05) is 13.0 Å². The van der Waals surface area contributed by atoms with E-state index >= 15 is 0 Å². The molecule has 132 valence electrons. The first kappa shape index (κ1) is 14.7. The summed E-state index contributed by atoms with van der Waals surface area (Å²) in [5, 5.41) is 10.5. The highest BCUT2D eigenvalue weighted by molar-refractivity contribution is 5.43. The van der Waals surface area contributed by atoms with Crippen molar-refractivity contribution in [3.63, 3.8) is 0 Å². The van der Waals surface area contributed by atoms with Crippen LogP contribution in [0.3, 0.4) is 0 Å². The van der Waals surface area contributed by atoms with E-state index in [0.29, 0.717) is 11.8 Å². The fourth-order valence-corrected chi connectivity index (χ4v) is 7.31. The highest BCUT2D eigenvalue weighted by atomic mass is 16.7. The molecule has 1 spiro atoms. The van der Waals surface area contributed by atoms with Crippen molar-refractivity contribution in [2.24, 2.45) is 17.3 Å². The van der Waals surface area contributed by atoms with Crippen molar-refractivity contribution in [3.05, 3.63) is 11.6 Å². The molecular formula is C20H28O4. The standard InChI is InChI=1S/C20H28O4/c1-17-6-5-15-13(14(17)2-3-16(17)21)4-7-18-12-19(22-10-11-23-19)8-9-20(15,18)24-18/h5,13-14,16,21H,2-4,6-12H2,1H3/t13-,14-,16?,17-,18+,20+/m0/s1. The molecule has 4 aliphatic carbocycles. The van der Waals surface area contributed by atoms with Gasteiger partial charge >= 0.3 is 0 Å². The summed E-state index contributed by atoms with van der Waals surface area (Å²) in [7, 11) is 0. The van der Waals surface area contributed by atoms with Crippen molar-refractivity contribution in [1.82, 2.24) is 0 Å². The molecule has 0 aromatic carbocycles. The lowest BCUT2D eigenvalue weighted by Gasteiger charge is -2.49. The van der Waals surface area contributed by atoms with Gasteiger partial charge < -0.3 is 19.3 Å². The van der Waals surface area contributed by atoms with Crippen molar-refractivity contribution in [2.45, 2.75) is 81.4 Å². The quantitative estimate of drug-likeness (QED) is 0.547. The molecular weight excluding hydrogens is 304 g/mol. The summed E-state index contributed by atoms with van der Waals surface area (Å²) in [6, 6.07) is 0. The largest absolute Gasteiger partial charge is 0.393 e. The second kappa shape index (κ2) is 4.28. The van der Waals surface area contributed by atoms with Crippen molar-refractivity contribution >= 4 is 0 Å². The smallest absolute Gasteiger partial charge is 0.171 e. The van der Waals surface area contributed by atoms with Crippen LogP contribution in [-0.2, 0) is 14.2 Å². The highest BCUT2D eigenvalue weighted by Gasteiger charge is 2.79. The Morgan fingerprint density at radius 2 is 1.92 bits per heavy atom. The number of aliphatic hydroxyl groups excluding tert-OH is 1. The van der Waals surface area contributed by atoms with Crippen LogP contribution in [0, 0.1) is 17.3 Å². The maximum atomic E-state index is 10.5. The molecule has 0 amide bonds. The predicted octanol–water partition coefficient (Wildman–Crippen LogP) is 2.94. The summed E-state index contributed by atoms with van der Waals surface area (Å²) in [6.45, 7) is 3.77. The molecule has 5 fully saturated rings. The zero-order valence-corrected chi connectivity index (χ0v) is 14.6. The van der Waals surface area contributed by atoms with Gasteiger partial charge in [-0.15, -0.1) is 0 Å². The first-order chi connectivity index (χ1) is 11.5. The van der Waals surface area contributed by atoms with Gasteiger partial charge in [-0.3, -0.25) is 0 Å². The molecule has 1 unspecified atom stereocenters. The van der Waals surface area contributed by atoms with Gasteiger partial charge in [0, 0.05) is 18.3 Å². The fourth-order valence-electron chi connectivity index (χ4n) is 7.31. The van der Waals surface area contributed by atoms with Gasteiger partial charge in [-0.25, -0.2) is 0 Å². The number of allylic oxidation sites excluding steroid dienone is 1. The molecule has 2 heterocycles. The summed E-state index contributed by atoms with van der Waals surface area (Å²) in [5.41, 5.74) is 1.62. The molecule has 2 saturated heterocycles. The van der Waals surface area contributed by atoms with Crippen LogP contribution in [0.15, 0.2) is 11.6 Å². The molecule has 24 heavy (non-hydrogen) atoms. The van der Waals surface area contributed by atoms with Crippen LogP contribution in [-0.4, -0.2) is 41.4 Å². The third-order valence-corrected chi connectivity index (χ3v) is 8.62. The number of ether oxygens (including phenoxy) is 3. The van der Waals surface area contributed by atoms with Crippen molar-refractivity contribution < 1.29 is 19.3 Å². The molecule has 0 aromatic heterocycles. The summed E-state index contributed by atoms with van der Waals surface area (Å²) in [6.07, 6.45) is 10.8. The fraction of sp³-hybridized carbons (Fsp3) is 0.900. The molecule has 4 nitrogen and oxygen atoms in total. The molecule has 3 saturated carbocycles. The van der Waals surface area contributed by atoms with Gasteiger partial charge in [-0.2, -0.15) is 0 Å². The monoisotopic (exact) mass is 332 g/mol. The SMILES string of the molecule is C[C@]12CC=C3[C@@H](CC[C@@]45CC6(CC[C@@]34O5)OCCO6)[C@@H]1CCC2O. The summed E-state index contributed by atoms with van der Waals surface area (Å²) >= 11 is 0. The maximum absolute atomic E-state index is 10.5. The van der Waals surface area contributed by atoms with Crippen LogP contribution in [0.25, 0.3) is 0 Å². The zero-order chi connectivity index (χ0) is 16.2. The maximum Gasteiger partial charge on any atom is 0.171 e. The summed E-state index contributed by atoms with van der Waals surface area (Å²) < 4.78 is 18.6. The Morgan fingerprint density at radius 3 is 2.75 bits per heavy atom. The van der Waals surface area contributed by atoms with Crippen molar-refractivity contribution in [1.29, 1.82) is 0 Å². The lowest BCUT2D eigenvalue weighted by molar-refractivity contribution is -0.185. The first-order valence-electron chi connectivity index (χ1n) is 9.89. The average Bonchev–Trinajstić information content (AvgIpc) is 2.88. The van der Waals surface area contributed by atoms with Crippen LogP contribution in [0.5, 0.6) is 0 Å². The Morgan fingerprint density at radius 1 is 1.08 bits per heavy atom. The average molecular weight is 332 g/mol. The van der Waals surface area contributed by atoms with E-state index in [1.807, 2.05) is 0 Å². The van der Waals surface area contributed by atoms with E-state index in [0.717, 1.165) is 51.7 Å². The van der Waals surface area contributed by atoms with Gasteiger partial charge in [0.15, 0.2) is 5.79 Å². The molecule has 6 rings (SSSR count). The number of hydrogen-bond donors (Lipinski definition) is 1. The van der Waals surface area contributed by atoms with Crippen LogP contribution in [0.2, 0.25) is 0 Å². The molecule has 4 heteroatoms. The second-order valence-electron chi connectivity index (χ2n) is 9.42. The number of aliphatic hydroxyl groups is 1. The van der Waals surface area contributed by atoms with Crippen LogP contribution >= 0.6 is 0 Å². The Labute approximate surface area is 143 Å². The molecule has 6 atom stereocenters. The number of epoxide rings is 1. The Hall–Kier alpha value is -0.420. The number of fused-ring (bicyclic) bond motifs is 3. The minimum Gasteiger partial charge on any atom is -0.393 e. The highest BCUT2D eigenvalue weighted by Crippen LogP contribution is 2.73. The van der Waals surface area contributed by atoms with Gasteiger partial charge in [0.05, 0.1) is 19.3 Å². The van der Waals surface area contributed by atoms with Crippen LogP contribution in [0.4, 0.5) is 0 Å². The van der Waals surface area contributed by atoms with E-state index in [2.05, 4.69) is 13.0 Å². The Kier molecular flexibility index (Phi) is 2.62. The Balaban J connectivity index is 1.36. The van der Waals surface area contributed by atoms with Crippen LogP contribution < -0.4 is 0 Å². The second-order valence-corrected chi connectivity index (χ2v) is 9.42. The lowest BCUT2D eigenvalue weighted by Crippen LogP contribution is -2.52. The molecule has 0 radical (unpaired) electrons. The van der Waals surface area contributed by atoms with Gasteiger partial charge in [0.2, 0.25) is 0 Å². The molecule has 1 N–H and O–H groups in total. The van der Waals surface area contributed by atoms with E-state index < -0.39 is 0 Å². The molecule has 2 aliphatic heterocycles. The Bertz CT molecular complexity index is 623. The minimum absolute atomic E-state index is 0.0225. The normalized spacial score (nSPS) is 56.9. The molecule has 0 bridgehead atoms. The minimum atomic E-state index is -0.361. The lowest BCUT2D eigenvalue weighted by atomic mass is 9.54. The summed E-state index contributed by atoms with van der Waals surface area (Å²) in [4.78, 5) is 0. The summed E-state index contributed by atoms with van der Waals surface area (Å²) in [5.74, 6) is 0.898. The van der Waals surface area contributed by atoms with Crippen molar-refractivity contribution in [2.75, 3.05) is 13.2 Å². The predicted molar refractivity (Wildman–Crippen MR) is 87.3 cm³/mol. The first-order valence-corrected chi connectivity index (χ1v) is 9.89. The number of hydrogen-bond acceptors (Lipinski definition) is 4. The third-order valence-electron chi connectivity index (χ3n) is 8.62.